The van der Waals surface area contributed by atoms with Crippen molar-refractivity contribution in [3.05, 3.63) is 47.1 Å². The number of aryl methyl sites for hydroxylation is 2. The number of rotatable bonds is 4. The van der Waals surface area contributed by atoms with E-state index >= 15 is 0 Å². The van der Waals surface area contributed by atoms with Gasteiger partial charge in [-0.25, -0.2) is 4.39 Å². The minimum absolute atomic E-state index is 0.131. The van der Waals surface area contributed by atoms with Gasteiger partial charge in [0.1, 0.15) is 29.5 Å². The predicted octanol–water partition coefficient (Wildman–Crippen LogP) is 1.62. The van der Waals surface area contributed by atoms with Crippen LogP contribution < -0.4 is 4.74 Å². The number of nitrogens with zero attached hydrogens (tertiary/aromatic N) is 2. The van der Waals surface area contributed by atoms with Crippen molar-refractivity contribution in [1.82, 2.24) is 10.1 Å². The Morgan fingerprint density at radius 2 is 2.25 bits per heavy atom. The van der Waals surface area contributed by atoms with E-state index in [0.717, 1.165) is 5.56 Å². The van der Waals surface area contributed by atoms with Gasteiger partial charge in [0.25, 0.3) is 0 Å². The highest BCUT2D eigenvalue weighted by molar-refractivity contribution is 5.79. The van der Waals surface area contributed by atoms with Crippen LogP contribution in [0, 0.1) is 19.7 Å². The van der Waals surface area contributed by atoms with Crippen molar-refractivity contribution in [2.75, 3.05) is 13.1 Å². The molecule has 6 nitrogen and oxygen atoms in total. The van der Waals surface area contributed by atoms with E-state index in [-0.39, 0.29) is 25.4 Å². The largest absolute Gasteiger partial charge is 0.486 e. The lowest BCUT2D eigenvalue weighted by atomic mass is 10.1. The normalized spacial score (nSPS) is 20.4. The number of aromatic nitrogens is 1. The van der Waals surface area contributed by atoms with Crippen LogP contribution in [0.15, 0.2) is 28.8 Å². The monoisotopic (exact) mass is 334 g/mol. The molecule has 1 fully saturated rings. The van der Waals surface area contributed by atoms with Crippen molar-refractivity contribution in [1.29, 1.82) is 0 Å². The number of likely N-dealkylation sites (tertiary alicyclic amines) is 1. The molecule has 0 bridgehead atoms. The molecule has 1 aromatic carbocycles. The highest BCUT2D eigenvalue weighted by Crippen LogP contribution is 2.21. The molecule has 0 unspecified atom stereocenters. The first-order valence-corrected chi connectivity index (χ1v) is 7.74. The number of amides is 1. The highest BCUT2D eigenvalue weighted by atomic mass is 19.1. The number of benzene rings is 1. The number of aliphatic hydroxyl groups is 1. The number of carbonyl (C=O) groups excluding carboxylic acids is 1. The molecule has 3 rings (SSSR count). The molecule has 2 heterocycles. The van der Waals surface area contributed by atoms with E-state index in [1.165, 1.54) is 18.2 Å². The third-order valence-electron chi connectivity index (χ3n) is 4.18. The molecule has 2 atom stereocenters. The van der Waals surface area contributed by atoms with E-state index in [1.807, 2.05) is 0 Å². The standard InChI is InChI=1S/C17H19FN2O4/c1-10-14(11(2)24-19-10)7-17(22)20-8-15(21)16(9-20)23-13-5-3-4-12(18)6-13/h3-6,15-16,21H,7-9H2,1-2H3/t15-,16-/m1/s1. The van der Waals surface area contributed by atoms with E-state index in [9.17, 15) is 14.3 Å². The Morgan fingerprint density at radius 1 is 1.46 bits per heavy atom. The van der Waals surface area contributed by atoms with Crippen molar-refractivity contribution < 1.29 is 23.6 Å². The van der Waals surface area contributed by atoms with Crippen LogP contribution in [0.4, 0.5) is 4.39 Å². The number of hydrogen-bond acceptors (Lipinski definition) is 5. The smallest absolute Gasteiger partial charge is 0.227 e. The summed E-state index contributed by atoms with van der Waals surface area (Å²) in [6, 6.07) is 5.72. The van der Waals surface area contributed by atoms with Gasteiger partial charge in [0, 0.05) is 11.6 Å². The molecular formula is C17H19FN2O4. The van der Waals surface area contributed by atoms with E-state index in [2.05, 4.69) is 5.16 Å². The third kappa shape index (κ3) is 3.41. The molecule has 1 N–H and O–H groups in total. The number of halogens is 1. The summed E-state index contributed by atoms with van der Waals surface area (Å²) in [6.45, 7) is 3.98. The van der Waals surface area contributed by atoms with Gasteiger partial charge in [0.05, 0.1) is 25.2 Å². The molecule has 0 aliphatic carbocycles. The Hall–Kier alpha value is -2.41. The average molecular weight is 334 g/mol. The zero-order valence-corrected chi connectivity index (χ0v) is 13.5. The van der Waals surface area contributed by atoms with Crippen molar-refractivity contribution in [3.63, 3.8) is 0 Å². The molecule has 1 aliphatic rings. The molecule has 1 aromatic heterocycles. The van der Waals surface area contributed by atoms with Gasteiger partial charge in [0.15, 0.2) is 0 Å². The summed E-state index contributed by atoms with van der Waals surface area (Å²) in [6.07, 6.45) is -1.23. The molecule has 2 aromatic rings. The van der Waals surface area contributed by atoms with Crippen molar-refractivity contribution in [2.45, 2.75) is 32.5 Å². The van der Waals surface area contributed by atoms with Gasteiger partial charge in [0.2, 0.25) is 5.91 Å². The van der Waals surface area contributed by atoms with Gasteiger partial charge in [-0.1, -0.05) is 11.2 Å². The molecular weight excluding hydrogens is 315 g/mol. The Kier molecular flexibility index (Phi) is 4.53. The van der Waals surface area contributed by atoms with Crippen LogP contribution in [0.3, 0.4) is 0 Å². The van der Waals surface area contributed by atoms with Crippen LogP contribution in [0.1, 0.15) is 17.0 Å². The SMILES string of the molecule is Cc1noc(C)c1CC(=O)N1C[C@@H](O)[C@H](Oc2cccc(F)c2)C1. The fourth-order valence-electron chi connectivity index (χ4n) is 2.81. The Bertz CT molecular complexity index is 726. The van der Waals surface area contributed by atoms with Crippen molar-refractivity contribution in [3.8, 4) is 5.75 Å². The van der Waals surface area contributed by atoms with Gasteiger partial charge in [-0.15, -0.1) is 0 Å². The fraction of sp³-hybridized carbons (Fsp3) is 0.412. The molecule has 0 saturated carbocycles. The van der Waals surface area contributed by atoms with Crippen molar-refractivity contribution >= 4 is 5.91 Å². The lowest BCUT2D eigenvalue weighted by Crippen LogP contribution is -2.32. The van der Waals surface area contributed by atoms with E-state index in [4.69, 9.17) is 9.26 Å². The summed E-state index contributed by atoms with van der Waals surface area (Å²) in [5, 5.41) is 14.0. The first-order chi connectivity index (χ1) is 11.4. The molecule has 1 aliphatic heterocycles. The molecule has 0 radical (unpaired) electrons. The Balaban J connectivity index is 1.63. The highest BCUT2D eigenvalue weighted by Gasteiger charge is 2.36. The molecule has 0 spiro atoms. The van der Waals surface area contributed by atoms with Crippen LogP contribution in [0.25, 0.3) is 0 Å². The lowest BCUT2D eigenvalue weighted by Gasteiger charge is -2.17. The van der Waals surface area contributed by atoms with Gasteiger partial charge in [-0.3, -0.25) is 4.79 Å². The van der Waals surface area contributed by atoms with E-state index in [0.29, 0.717) is 17.2 Å². The first kappa shape index (κ1) is 16.4. The quantitative estimate of drug-likeness (QED) is 0.920. The van der Waals surface area contributed by atoms with Gasteiger partial charge < -0.3 is 19.3 Å². The molecule has 1 saturated heterocycles. The summed E-state index contributed by atoms with van der Waals surface area (Å²) in [5.41, 5.74) is 1.46. The maximum atomic E-state index is 13.2. The molecule has 7 heteroatoms. The van der Waals surface area contributed by atoms with Gasteiger partial charge in [-0.05, 0) is 26.0 Å². The summed E-state index contributed by atoms with van der Waals surface area (Å²) < 4.78 is 23.9. The van der Waals surface area contributed by atoms with Crippen LogP contribution in [-0.4, -0.2) is 46.4 Å². The zero-order chi connectivity index (χ0) is 17.3. The second-order valence-electron chi connectivity index (χ2n) is 5.96. The van der Waals surface area contributed by atoms with Crippen molar-refractivity contribution in [2.24, 2.45) is 0 Å². The number of ether oxygens (including phenoxy) is 1. The minimum Gasteiger partial charge on any atom is -0.486 e. The summed E-state index contributed by atoms with van der Waals surface area (Å²) in [7, 11) is 0. The van der Waals surface area contributed by atoms with E-state index in [1.54, 1.807) is 24.8 Å². The maximum absolute atomic E-state index is 13.2. The number of aliphatic hydroxyl groups excluding tert-OH is 1. The number of β-amino-alcohol motifs (C(OH)–C–C–N with tert-alkyl or cyclic N) is 1. The van der Waals surface area contributed by atoms with Crippen LogP contribution in [0.5, 0.6) is 5.75 Å². The summed E-state index contributed by atoms with van der Waals surface area (Å²) in [5.74, 6) is 0.410. The molecule has 24 heavy (non-hydrogen) atoms. The molecule has 1 amide bonds. The van der Waals surface area contributed by atoms with E-state index < -0.39 is 18.0 Å². The average Bonchev–Trinajstić information content (AvgIpc) is 3.05. The minimum atomic E-state index is -0.818. The topological polar surface area (TPSA) is 75.8 Å². The second kappa shape index (κ2) is 6.60. The van der Waals surface area contributed by atoms with Gasteiger partial charge >= 0.3 is 0 Å². The fourth-order valence-corrected chi connectivity index (χ4v) is 2.81. The Morgan fingerprint density at radius 3 is 2.92 bits per heavy atom. The van der Waals surface area contributed by atoms with Crippen LogP contribution in [0.2, 0.25) is 0 Å². The predicted molar refractivity (Wildman–Crippen MR) is 83.1 cm³/mol. The summed E-state index contributed by atoms with van der Waals surface area (Å²) >= 11 is 0. The van der Waals surface area contributed by atoms with Crippen LogP contribution >= 0.6 is 0 Å². The van der Waals surface area contributed by atoms with Crippen LogP contribution in [-0.2, 0) is 11.2 Å². The maximum Gasteiger partial charge on any atom is 0.227 e. The first-order valence-electron chi connectivity index (χ1n) is 7.74. The number of hydrogen-bond donors (Lipinski definition) is 1. The lowest BCUT2D eigenvalue weighted by molar-refractivity contribution is -0.129. The zero-order valence-electron chi connectivity index (χ0n) is 13.5. The second-order valence-corrected chi connectivity index (χ2v) is 5.96. The third-order valence-corrected chi connectivity index (χ3v) is 4.18. The van der Waals surface area contributed by atoms with Gasteiger partial charge in [-0.2, -0.15) is 0 Å². The Labute approximate surface area is 138 Å². The molecule has 128 valence electrons. The summed E-state index contributed by atoms with van der Waals surface area (Å²) in [4.78, 5) is 14.0. The number of carbonyl (C=O) groups is 1.